The zero-order chi connectivity index (χ0) is 15.4. The van der Waals surface area contributed by atoms with Crippen molar-refractivity contribution in [2.75, 3.05) is 5.32 Å². The number of nitro benzene ring substituents is 1. The number of non-ortho nitro benzene ring substituents is 1. The number of nitrogens with one attached hydrogen (secondary N) is 1. The summed E-state index contributed by atoms with van der Waals surface area (Å²) in [5, 5.41) is 13.3. The maximum Gasteiger partial charge on any atom is 0.271 e. The molecular formula is C15H13FN2O3. The first kappa shape index (κ1) is 14.6. The largest absolute Gasteiger partial charge is 0.325 e. The van der Waals surface area contributed by atoms with Crippen LogP contribution in [0.15, 0.2) is 42.5 Å². The molecule has 0 spiro atoms. The summed E-state index contributed by atoms with van der Waals surface area (Å²) in [5.74, 6) is -0.768. The molecule has 21 heavy (non-hydrogen) atoms. The molecule has 0 unspecified atom stereocenters. The van der Waals surface area contributed by atoms with E-state index < -0.39 is 10.7 Å². The Morgan fingerprint density at radius 3 is 2.71 bits per heavy atom. The fourth-order valence-electron chi connectivity index (χ4n) is 1.88. The lowest BCUT2D eigenvalue weighted by Crippen LogP contribution is -2.15. The van der Waals surface area contributed by atoms with Gasteiger partial charge in [0.15, 0.2) is 0 Å². The molecule has 0 fully saturated rings. The summed E-state index contributed by atoms with van der Waals surface area (Å²) in [6.45, 7) is 1.74. The molecule has 0 bridgehead atoms. The molecule has 0 atom stereocenters. The van der Waals surface area contributed by atoms with E-state index >= 15 is 0 Å². The van der Waals surface area contributed by atoms with E-state index in [1.807, 2.05) is 0 Å². The molecule has 0 saturated heterocycles. The van der Waals surface area contributed by atoms with E-state index in [-0.39, 0.29) is 18.0 Å². The Bertz CT molecular complexity index is 701. The molecule has 2 aromatic rings. The predicted molar refractivity (Wildman–Crippen MR) is 76.6 cm³/mol. The normalized spacial score (nSPS) is 10.2. The number of hydrogen-bond acceptors (Lipinski definition) is 3. The smallest absolute Gasteiger partial charge is 0.271 e. The van der Waals surface area contributed by atoms with Gasteiger partial charge in [-0.2, -0.15) is 0 Å². The van der Waals surface area contributed by atoms with Crippen LogP contribution in [0.3, 0.4) is 0 Å². The van der Waals surface area contributed by atoms with Crippen molar-refractivity contribution in [1.29, 1.82) is 0 Å². The number of halogens is 1. The Morgan fingerprint density at radius 1 is 1.29 bits per heavy atom. The summed E-state index contributed by atoms with van der Waals surface area (Å²) in [5.41, 5.74) is 1.54. The van der Waals surface area contributed by atoms with Crippen LogP contribution in [0.2, 0.25) is 0 Å². The zero-order valence-corrected chi connectivity index (χ0v) is 11.3. The Morgan fingerprint density at radius 2 is 2.05 bits per heavy atom. The van der Waals surface area contributed by atoms with Crippen molar-refractivity contribution in [1.82, 2.24) is 0 Å². The molecule has 5 nitrogen and oxygen atoms in total. The molecule has 1 amide bonds. The van der Waals surface area contributed by atoms with E-state index in [1.54, 1.807) is 19.1 Å². The number of aryl methyl sites for hydroxylation is 1. The fraction of sp³-hybridized carbons (Fsp3) is 0.133. The van der Waals surface area contributed by atoms with Gasteiger partial charge in [-0.05, 0) is 30.2 Å². The van der Waals surface area contributed by atoms with Crippen molar-refractivity contribution in [3.05, 3.63) is 69.5 Å². The molecular weight excluding hydrogens is 275 g/mol. The van der Waals surface area contributed by atoms with E-state index in [0.717, 1.165) is 0 Å². The maximum atomic E-state index is 13.0. The molecule has 0 heterocycles. The summed E-state index contributed by atoms with van der Waals surface area (Å²) in [6.07, 6.45) is -0.000107. The number of anilines is 1. The monoisotopic (exact) mass is 288 g/mol. The highest BCUT2D eigenvalue weighted by Crippen LogP contribution is 2.22. The summed E-state index contributed by atoms with van der Waals surface area (Å²) in [7, 11) is 0. The lowest BCUT2D eigenvalue weighted by molar-refractivity contribution is -0.384. The molecule has 0 aliphatic heterocycles. The number of hydrogen-bond donors (Lipinski definition) is 1. The number of benzene rings is 2. The number of carbonyl (C=O) groups excluding carboxylic acids is 1. The van der Waals surface area contributed by atoms with Gasteiger partial charge in [0.25, 0.3) is 5.69 Å². The quantitative estimate of drug-likeness (QED) is 0.693. The third kappa shape index (κ3) is 3.85. The molecule has 108 valence electrons. The third-order valence-corrected chi connectivity index (χ3v) is 2.96. The molecule has 0 aromatic heterocycles. The summed E-state index contributed by atoms with van der Waals surface area (Å²) in [6, 6.07) is 9.98. The first-order valence-corrected chi connectivity index (χ1v) is 6.25. The van der Waals surface area contributed by atoms with Crippen molar-refractivity contribution in [2.24, 2.45) is 0 Å². The van der Waals surface area contributed by atoms with E-state index in [1.165, 1.54) is 30.3 Å². The molecule has 2 aromatic carbocycles. The van der Waals surface area contributed by atoms with Crippen LogP contribution in [0.5, 0.6) is 0 Å². The van der Waals surface area contributed by atoms with Gasteiger partial charge >= 0.3 is 0 Å². The van der Waals surface area contributed by atoms with Crippen LogP contribution in [0.25, 0.3) is 0 Å². The SMILES string of the molecule is Cc1ccc([N+](=O)[O-])cc1NC(=O)Cc1cccc(F)c1. The number of nitrogens with zero attached hydrogens (tertiary/aromatic N) is 1. The van der Waals surface area contributed by atoms with Gasteiger partial charge in [-0.3, -0.25) is 14.9 Å². The second-order valence-electron chi connectivity index (χ2n) is 4.61. The minimum atomic E-state index is -0.526. The van der Waals surface area contributed by atoms with Crippen LogP contribution < -0.4 is 5.32 Å². The van der Waals surface area contributed by atoms with Crippen LogP contribution in [0.1, 0.15) is 11.1 Å². The molecule has 0 saturated carbocycles. The Labute approximate surface area is 120 Å². The van der Waals surface area contributed by atoms with Gasteiger partial charge in [-0.15, -0.1) is 0 Å². The van der Waals surface area contributed by atoms with E-state index in [9.17, 15) is 19.3 Å². The highest BCUT2D eigenvalue weighted by Gasteiger charge is 2.11. The van der Waals surface area contributed by atoms with Crippen molar-refractivity contribution in [3.63, 3.8) is 0 Å². The number of amides is 1. The van der Waals surface area contributed by atoms with Gasteiger partial charge in [-0.1, -0.05) is 18.2 Å². The van der Waals surface area contributed by atoms with Gasteiger partial charge < -0.3 is 5.32 Å². The molecule has 6 heteroatoms. The maximum absolute atomic E-state index is 13.0. The van der Waals surface area contributed by atoms with E-state index in [4.69, 9.17) is 0 Å². The first-order valence-electron chi connectivity index (χ1n) is 6.25. The second kappa shape index (κ2) is 6.13. The minimum absolute atomic E-state index is 0.000107. The summed E-state index contributed by atoms with van der Waals surface area (Å²) >= 11 is 0. The molecule has 0 radical (unpaired) electrons. The standard InChI is InChI=1S/C15H13FN2O3/c1-10-5-6-13(18(20)21)9-14(10)17-15(19)8-11-3-2-4-12(16)7-11/h2-7,9H,8H2,1H3,(H,17,19). The van der Waals surface area contributed by atoms with E-state index in [2.05, 4.69) is 5.32 Å². The number of rotatable bonds is 4. The molecule has 0 aliphatic carbocycles. The van der Waals surface area contributed by atoms with Gasteiger partial charge in [0.05, 0.1) is 17.0 Å². The lowest BCUT2D eigenvalue weighted by Gasteiger charge is -2.08. The van der Waals surface area contributed by atoms with Crippen LogP contribution in [-0.2, 0) is 11.2 Å². The highest BCUT2D eigenvalue weighted by atomic mass is 19.1. The topological polar surface area (TPSA) is 72.2 Å². The fourth-order valence-corrected chi connectivity index (χ4v) is 1.88. The number of carbonyl (C=O) groups is 1. The van der Waals surface area contributed by atoms with Gasteiger partial charge in [0.1, 0.15) is 5.82 Å². The second-order valence-corrected chi connectivity index (χ2v) is 4.61. The number of nitro groups is 1. The average Bonchev–Trinajstić information content (AvgIpc) is 2.41. The van der Waals surface area contributed by atoms with Gasteiger partial charge in [0, 0.05) is 12.1 Å². The minimum Gasteiger partial charge on any atom is -0.325 e. The molecule has 0 aliphatic rings. The van der Waals surface area contributed by atoms with Crippen LogP contribution in [-0.4, -0.2) is 10.8 Å². The van der Waals surface area contributed by atoms with Crippen molar-refractivity contribution in [3.8, 4) is 0 Å². The Hall–Kier alpha value is -2.76. The Kier molecular flexibility index (Phi) is 4.27. The third-order valence-electron chi connectivity index (χ3n) is 2.96. The van der Waals surface area contributed by atoms with E-state index in [0.29, 0.717) is 16.8 Å². The predicted octanol–water partition coefficient (Wildman–Crippen LogP) is 3.22. The van der Waals surface area contributed by atoms with Crippen molar-refractivity contribution >= 4 is 17.3 Å². The van der Waals surface area contributed by atoms with Crippen LogP contribution in [0, 0.1) is 22.9 Å². The first-order chi connectivity index (χ1) is 9.95. The summed E-state index contributed by atoms with van der Waals surface area (Å²) in [4.78, 5) is 22.1. The van der Waals surface area contributed by atoms with Crippen LogP contribution in [0.4, 0.5) is 15.8 Å². The van der Waals surface area contributed by atoms with Crippen LogP contribution >= 0.6 is 0 Å². The van der Waals surface area contributed by atoms with Gasteiger partial charge in [-0.25, -0.2) is 4.39 Å². The average molecular weight is 288 g/mol. The zero-order valence-electron chi connectivity index (χ0n) is 11.3. The highest BCUT2D eigenvalue weighted by molar-refractivity contribution is 5.93. The van der Waals surface area contributed by atoms with Crippen molar-refractivity contribution in [2.45, 2.75) is 13.3 Å². The Balaban J connectivity index is 2.12. The van der Waals surface area contributed by atoms with Gasteiger partial charge in [0.2, 0.25) is 5.91 Å². The summed E-state index contributed by atoms with van der Waals surface area (Å²) < 4.78 is 13.0. The molecule has 1 N–H and O–H groups in total. The van der Waals surface area contributed by atoms with Crippen molar-refractivity contribution < 1.29 is 14.1 Å². The molecule has 2 rings (SSSR count). The lowest BCUT2D eigenvalue weighted by atomic mass is 10.1.